The highest BCUT2D eigenvalue weighted by atomic mass is 79.9. The van der Waals surface area contributed by atoms with Gasteiger partial charge in [-0.3, -0.25) is 0 Å². The zero-order chi connectivity index (χ0) is 10.4. The van der Waals surface area contributed by atoms with Crippen LogP contribution in [0.3, 0.4) is 0 Å². The van der Waals surface area contributed by atoms with Crippen LogP contribution in [0.1, 0.15) is 5.56 Å². The van der Waals surface area contributed by atoms with Crippen LogP contribution in [-0.2, 0) is 0 Å². The third-order valence-electron chi connectivity index (χ3n) is 1.62. The lowest BCUT2D eigenvalue weighted by molar-refractivity contribution is 0.127. The molecule has 4 heteroatoms. The minimum Gasteiger partial charge on any atom is -0.489 e. The monoisotopic (exact) mass is 255 g/mol. The standard InChI is InChI=1S/C10H10BrNO2/c11-5-9(13)7-14-10-4-2-1-3-8(10)6-12/h1-4,9,13H,5,7H2/t9-/m0/s1. The molecule has 1 aromatic carbocycles. The van der Waals surface area contributed by atoms with Crippen molar-refractivity contribution in [2.24, 2.45) is 0 Å². The fraction of sp³-hybridized carbons (Fsp3) is 0.300. The lowest BCUT2D eigenvalue weighted by atomic mass is 10.2. The van der Waals surface area contributed by atoms with Gasteiger partial charge in [0.05, 0.1) is 11.7 Å². The summed E-state index contributed by atoms with van der Waals surface area (Å²) in [6.45, 7) is 0.184. The first kappa shape index (κ1) is 11.0. The van der Waals surface area contributed by atoms with Crippen molar-refractivity contribution in [1.82, 2.24) is 0 Å². The quantitative estimate of drug-likeness (QED) is 0.834. The van der Waals surface area contributed by atoms with Crippen molar-refractivity contribution in [2.75, 3.05) is 11.9 Å². The molecule has 0 saturated heterocycles. The number of hydrogen-bond acceptors (Lipinski definition) is 3. The van der Waals surface area contributed by atoms with Crippen LogP contribution in [0.5, 0.6) is 5.75 Å². The number of nitriles is 1. The van der Waals surface area contributed by atoms with Crippen LogP contribution >= 0.6 is 15.9 Å². The number of ether oxygens (including phenoxy) is 1. The average Bonchev–Trinajstić information content (AvgIpc) is 2.26. The van der Waals surface area contributed by atoms with Gasteiger partial charge in [0.15, 0.2) is 0 Å². The van der Waals surface area contributed by atoms with Crippen LogP contribution in [-0.4, -0.2) is 23.1 Å². The first-order valence-corrected chi connectivity index (χ1v) is 5.26. The van der Waals surface area contributed by atoms with Crippen molar-refractivity contribution >= 4 is 15.9 Å². The number of benzene rings is 1. The second kappa shape index (κ2) is 5.63. The van der Waals surface area contributed by atoms with Crippen LogP contribution in [0.2, 0.25) is 0 Å². The van der Waals surface area contributed by atoms with Gasteiger partial charge in [-0.15, -0.1) is 0 Å². The summed E-state index contributed by atoms with van der Waals surface area (Å²) in [6, 6.07) is 8.96. The molecule has 0 amide bonds. The lowest BCUT2D eigenvalue weighted by Gasteiger charge is -2.10. The van der Waals surface area contributed by atoms with E-state index in [1.54, 1.807) is 24.3 Å². The molecular weight excluding hydrogens is 246 g/mol. The Balaban J connectivity index is 2.63. The topological polar surface area (TPSA) is 53.2 Å². The zero-order valence-electron chi connectivity index (χ0n) is 7.48. The van der Waals surface area contributed by atoms with Crippen LogP contribution < -0.4 is 4.74 Å². The minimum absolute atomic E-state index is 0.184. The maximum Gasteiger partial charge on any atom is 0.137 e. The number of aliphatic hydroxyl groups excluding tert-OH is 1. The highest BCUT2D eigenvalue weighted by molar-refractivity contribution is 9.09. The summed E-state index contributed by atoms with van der Waals surface area (Å²) in [6.07, 6.45) is -0.554. The van der Waals surface area contributed by atoms with Crippen LogP contribution in [0.25, 0.3) is 0 Å². The molecule has 0 aliphatic carbocycles. The van der Waals surface area contributed by atoms with Crippen LogP contribution in [0.15, 0.2) is 24.3 Å². The molecule has 0 aliphatic heterocycles. The smallest absolute Gasteiger partial charge is 0.137 e. The number of nitrogens with zero attached hydrogens (tertiary/aromatic N) is 1. The van der Waals surface area contributed by atoms with Gasteiger partial charge >= 0.3 is 0 Å². The number of para-hydroxylation sites is 1. The van der Waals surface area contributed by atoms with E-state index in [-0.39, 0.29) is 6.61 Å². The van der Waals surface area contributed by atoms with Crippen molar-refractivity contribution in [2.45, 2.75) is 6.10 Å². The molecule has 0 spiro atoms. The molecule has 1 aromatic rings. The summed E-state index contributed by atoms with van der Waals surface area (Å²) in [7, 11) is 0. The molecule has 1 N–H and O–H groups in total. The average molecular weight is 256 g/mol. The molecule has 0 bridgehead atoms. The van der Waals surface area contributed by atoms with Gasteiger partial charge in [-0.2, -0.15) is 5.26 Å². The fourth-order valence-electron chi connectivity index (χ4n) is 0.915. The molecule has 74 valence electrons. The molecule has 0 unspecified atom stereocenters. The summed E-state index contributed by atoms with van der Waals surface area (Å²) in [5.41, 5.74) is 0.481. The molecule has 0 saturated carbocycles. The van der Waals surface area contributed by atoms with E-state index in [0.29, 0.717) is 16.6 Å². The van der Waals surface area contributed by atoms with Crippen molar-refractivity contribution in [3.8, 4) is 11.8 Å². The first-order valence-electron chi connectivity index (χ1n) is 4.14. The van der Waals surface area contributed by atoms with Gasteiger partial charge in [0, 0.05) is 5.33 Å². The Hall–Kier alpha value is -1.05. The molecule has 0 aliphatic rings. The molecule has 1 rings (SSSR count). The van der Waals surface area contributed by atoms with Crippen molar-refractivity contribution in [3.05, 3.63) is 29.8 Å². The van der Waals surface area contributed by atoms with Gasteiger partial charge in [-0.05, 0) is 12.1 Å². The SMILES string of the molecule is N#Cc1ccccc1OC[C@@H](O)CBr. The number of hydrogen-bond donors (Lipinski definition) is 1. The Morgan fingerprint density at radius 3 is 2.86 bits per heavy atom. The molecule has 0 aromatic heterocycles. The number of alkyl halides is 1. The third-order valence-corrected chi connectivity index (χ3v) is 2.36. The molecule has 3 nitrogen and oxygen atoms in total. The van der Waals surface area contributed by atoms with Crippen LogP contribution in [0, 0.1) is 11.3 Å². The van der Waals surface area contributed by atoms with E-state index >= 15 is 0 Å². The Kier molecular flexibility index (Phi) is 4.44. The van der Waals surface area contributed by atoms with Crippen molar-refractivity contribution < 1.29 is 9.84 Å². The number of rotatable bonds is 4. The van der Waals surface area contributed by atoms with E-state index in [0.717, 1.165) is 0 Å². The predicted molar refractivity (Wildman–Crippen MR) is 56.5 cm³/mol. The van der Waals surface area contributed by atoms with Gasteiger partial charge in [0.25, 0.3) is 0 Å². The lowest BCUT2D eigenvalue weighted by Crippen LogP contribution is -2.18. The molecular formula is C10H10BrNO2. The first-order chi connectivity index (χ1) is 6.77. The van der Waals surface area contributed by atoms with Gasteiger partial charge < -0.3 is 9.84 Å². The molecule has 0 heterocycles. The summed E-state index contributed by atoms with van der Waals surface area (Å²) in [5, 5.41) is 18.4. The van der Waals surface area contributed by atoms with E-state index in [1.165, 1.54) is 0 Å². The van der Waals surface area contributed by atoms with Gasteiger partial charge in [0.2, 0.25) is 0 Å². The number of aliphatic hydroxyl groups is 1. The largest absolute Gasteiger partial charge is 0.489 e. The molecule has 14 heavy (non-hydrogen) atoms. The second-order valence-corrected chi connectivity index (χ2v) is 3.37. The molecule has 0 fully saturated rings. The second-order valence-electron chi connectivity index (χ2n) is 2.73. The normalized spacial score (nSPS) is 11.8. The summed E-state index contributed by atoms with van der Waals surface area (Å²) in [4.78, 5) is 0. The summed E-state index contributed by atoms with van der Waals surface area (Å²) >= 11 is 3.13. The third kappa shape index (κ3) is 3.02. The van der Waals surface area contributed by atoms with Gasteiger partial charge in [0.1, 0.15) is 18.4 Å². The van der Waals surface area contributed by atoms with E-state index in [2.05, 4.69) is 15.9 Å². The zero-order valence-corrected chi connectivity index (χ0v) is 9.07. The van der Waals surface area contributed by atoms with Gasteiger partial charge in [-0.1, -0.05) is 28.1 Å². The van der Waals surface area contributed by atoms with Crippen molar-refractivity contribution in [1.29, 1.82) is 5.26 Å². The van der Waals surface area contributed by atoms with E-state index in [4.69, 9.17) is 10.00 Å². The maximum atomic E-state index is 9.23. The minimum atomic E-state index is -0.554. The fourth-order valence-corrected chi connectivity index (χ4v) is 1.10. The molecule has 0 radical (unpaired) electrons. The maximum absolute atomic E-state index is 9.23. The van der Waals surface area contributed by atoms with Gasteiger partial charge in [-0.25, -0.2) is 0 Å². The van der Waals surface area contributed by atoms with E-state index in [9.17, 15) is 5.11 Å². The summed E-state index contributed by atoms with van der Waals surface area (Å²) in [5.74, 6) is 0.509. The van der Waals surface area contributed by atoms with E-state index < -0.39 is 6.10 Å². The van der Waals surface area contributed by atoms with Crippen LogP contribution in [0.4, 0.5) is 0 Å². The highest BCUT2D eigenvalue weighted by Crippen LogP contribution is 2.16. The highest BCUT2D eigenvalue weighted by Gasteiger charge is 2.05. The number of halogens is 1. The Labute approximate surface area is 91.1 Å². The Morgan fingerprint density at radius 2 is 2.21 bits per heavy atom. The predicted octanol–water partition coefficient (Wildman–Crippen LogP) is 1.69. The van der Waals surface area contributed by atoms with Crippen molar-refractivity contribution in [3.63, 3.8) is 0 Å². The van der Waals surface area contributed by atoms with E-state index in [1.807, 2.05) is 6.07 Å². The summed E-state index contributed by atoms with van der Waals surface area (Å²) < 4.78 is 5.28. The Bertz CT molecular complexity index is 335. The molecule has 1 atom stereocenters. The Morgan fingerprint density at radius 1 is 1.50 bits per heavy atom.